The molecule has 1 saturated heterocycles. The van der Waals surface area contributed by atoms with Crippen molar-refractivity contribution in [2.75, 3.05) is 13.1 Å². The molecule has 0 saturated carbocycles. The van der Waals surface area contributed by atoms with E-state index in [1.807, 2.05) is 11.8 Å². The first-order chi connectivity index (χ1) is 13.6. The summed E-state index contributed by atoms with van der Waals surface area (Å²) in [6.07, 6.45) is 7.08. The maximum atomic E-state index is 13.3. The number of aromatic nitrogens is 2. The minimum absolute atomic E-state index is 0.00628. The predicted molar refractivity (Wildman–Crippen MR) is 112 cm³/mol. The monoisotopic (exact) mass is 393 g/mol. The molecule has 1 aliphatic carbocycles. The number of benzene rings is 1. The van der Waals surface area contributed by atoms with Crippen molar-refractivity contribution in [1.82, 2.24) is 14.5 Å². The van der Waals surface area contributed by atoms with Crippen molar-refractivity contribution < 1.29 is 4.79 Å². The quantitative estimate of drug-likeness (QED) is 0.684. The fraction of sp³-hybridized carbons (Fsp3) is 0.409. The molecule has 0 bridgehead atoms. The van der Waals surface area contributed by atoms with Gasteiger partial charge in [0.05, 0.1) is 11.7 Å². The van der Waals surface area contributed by atoms with E-state index in [1.54, 1.807) is 11.3 Å². The molecule has 5 nitrogen and oxygen atoms in total. The summed E-state index contributed by atoms with van der Waals surface area (Å²) in [4.78, 5) is 34.0. The Hall–Kier alpha value is -2.47. The predicted octanol–water partition coefficient (Wildman–Crippen LogP) is 3.54. The van der Waals surface area contributed by atoms with Crippen molar-refractivity contribution in [1.29, 1.82) is 0 Å². The SMILES string of the molecule is Cc1sc2ncn(CC(=O)N3CCCC3)c(=O)c2c1-c1ccc2c(c1)CCC2. The molecule has 2 aliphatic rings. The zero-order valence-electron chi connectivity index (χ0n) is 16.0. The molecule has 1 aliphatic heterocycles. The van der Waals surface area contributed by atoms with Gasteiger partial charge in [0, 0.05) is 23.5 Å². The smallest absolute Gasteiger partial charge is 0.263 e. The number of carbonyl (C=O) groups excluding carboxylic acids is 1. The Kier molecular flexibility index (Phi) is 4.31. The molecule has 0 unspecified atom stereocenters. The summed E-state index contributed by atoms with van der Waals surface area (Å²) in [5.41, 5.74) is 4.77. The highest BCUT2D eigenvalue weighted by molar-refractivity contribution is 7.19. The van der Waals surface area contributed by atoms with Crippen LogP contribution in [0, 0.1) is 6.92 Å². The number of thiophene rings is 1. The maximum Gasteiger partial charge on any atom is 0.263 e. The third-order valence-corrected chi connectivity index (χ3v) is 7.02. The van der Waals surface area contributed by atoms with E-state index >= 15 is 0 Å². The molecule has 28 heavy (non-hydrogen) atoms. The van der Waals surface area contributed by atoms with Gasteiger partial charge in [-0.05, 0) is 55.7 Å². The second-order valence-electron chi connectivity index (χ2n) is 7.82. The second kappa shape index (κ2) is 6.85. The number of amides is 1. The van der Waals surface area contributed by atoms with Gasteiger partial charge in [-0.25, -0.2) is 4.98 Å². The average Bonchev–Trinajstić information content (AvgIpc) is 3.42. The Balaban J connectivity index is 1.59. The Bertz CT molecular complexity index is 1140. The van der Waals surface area contributed by atoms with E-state index < -0.39 is 0 Å². The van der Waals surface area contributed by atoms with E-state index in [0.29, 0.717) is 5.39 Å². The highest BCUT2D eigenvalue weighted by Crippen LogP contribution is 2.37. The molecule has 1 fully saturated rings. The molecular weight excluding hydrogens is 370 g/mol. The molecule has 3 aromatic rings. The van der Waals surface area contributed by atoms with E-state index in [2.05, 4.69) is 23.2 Å². The zero-order chi connectivity index (χ0) is 19.3. The number of rotatable bonds is 3. The number of likely N-dealkylation sites (tertiary alicyclic amines) is 1. The largest absolute Gasteiger partial charge is 0.341 e. The summed E-state index contributed by atoms with van der Waals surface area (Å²) >= 11 is 1.55. The first kappa shape index (κ1) is 17.6. The lowest BCUT2D eigenvalue weighted by molar-refractivity contribution is -0.130. The number of hydrogen-bond donors (Lipinski definition) is 0. The lowest BCUT2D eigenvalue weighted by atomic mass is 9.99. The van der Waals surface area contributed by atoms with Crippen LogP contribution in [0.4, 0.5) is 0 Å². The van der Waals surface area contributed by atoms with Crippen molar-refractivity contribution >= 4 is 27.5 Å². The first-order valence-electron chi connectivity index (χ1n) is 10.0. The van der Waals surface area contributed by atoms with Gasteiger partial charge < -0.3 is 4.90 Å². The summed E-state index contributed by atoms with van der Waals surface area (Å²) in [5.74, 6) is 0.00628. The molecule has 0 atom stereocenters. The van der Waals surface area contributed by atoms with Crippen LogP contribution >= 0.6 is 11.3 Å². The number of fused-ring (bicyclic) bond motifs is 2. The molecule has 3 heterocycles. The van der Waals surface area contributed by atoms with Crippen LogP contribution in [0.5, 0.6) is 0 Å². The number of carbonyl (C=O) groups is 1. The topological polar surface area (TPSA) is 55.2 Å². The summed E-state index contributed by atoms with van der Waals surface area (Å²) in [6, 6.07) is 6.57. The van der Waals surface area contributed by atoms with Gasteiger partial charge in [0.25, 0.3) is 5.56 Å². The van der Waals surface area contributed by atoms with Gasteiger partial charge in [-0.3, -0.25) is 14.2 Å². The minimum atomic E-state index is -0.114. The normalized spacial score (nSPS) is 16.1. The number of nitrogens with zero attached hydrogens (tertiary/aromatic N) is 3. The van der Waals surface area contributed by atoms with Crippen molar-refractivity contribution in [3.05, 3.63) is 50.9 Å². The summed E-state index contributed by atoms with van der Waals surface area (Å²) in [7, 11) is 0. The van der Waals surface area contributed by atoms with Gasteiger partial charge in [0.2, 0.25) is 5.91 Å². The molecule has 1 aromatic carbocycles. The standard InChI is InChI=1S/C22H23N3O2S/c1-14-19(17-8-7-15-5-4-6-16(15)11-17)20-21(28-14)23-13-25(22(20)27)12-18(26)24-9-2-3-10-24/h7-8,11,13H,2-6,9-10,12H2,1H3. The van der Waals surface area contributed by atoms with Crippen molar-refractivity contribution in [2.45, 2.75) is 45.6 Å². The van der Waals surface area contributed by atoms with Crippen molar-refractivity contribution in [3.8, 4) is 11.1 Å². The molecule has 2 aromatic heterocycles. The number of hydrogen-bond acceptors (Lipinski definition) is 4. The third kappa shape index (κ3) is 2.87. The van der Waals surface area contributed by atoms with Crippen LogP contribution < -0.4 is 5.56 Å². The van der Waals surface area contributed by atoms with E-state index in [9.17, 15) is 9.59 Å². The van der Waals surface area contributed by atoms with Gasteiger partial charge in [-0.2, -0.15) is 0 Å². The van der Waals surface area contributed by atoms with Crippen LogP contribution in [0.2, 0.25) is 0 Å². The van der Waals surface area contributed by atoms with E-state index in [4.69, 9.17) is 0 Å². The highest BCUT2D eigenvalue weighted by atomic mass is 32.1. The lowest BCUT2D eigenvalue weighted by Crippen LogP contribution is -2.34. The van der Waals surface area contributed by atoms with Gasteiger partial charge in [-0.1, -0.05) is 18.2 Å². The van der Waals surface area contributed by atoms with Gasteiger partial charge >= 0.3 is 0 Å². The highest BCUT2D eigenvalue weighted by Gasteiger charge is 2.22. The van der Waals surface area contributed by atoms with Crippen molar-refractivity contribution in [2.24, 2.45) is 0 Å². The first-order valence-corrected chi connectivity index (χ1v) is 10.8. The Morgan fingerprint density at radius 1 is 1.14 bits per heavy atom. The van der Waals surface area contributed by atoms with Crippen LogP contribution in [-0.4, -0.2) is 33.4 Å². The Morgan fingerprint density at radius 3 is 2.75 bits per heavy atom. The van der Waals surface area contributed by atoms with Gasteiger partial charge in [-0.15, -0.1) is 11.3 Å². The molecule has 0 spiro atoms. The van der Waals surface area contributed by atoms with Crippen LogP contribution in [0.3, 0.4) is 0 Å². The van der Waals surface area contributed by atoms with Crippen LogP contribution in [0.25, 0.3) is 21.3 Å². The van der Waals surface area contributed by atoms with Crippen LogP contribution in [0.1, 0.15) is 35.3 Å². The third-order valence-electron chi connectivity index (χ3n) is 6.01. The van der Waals surface area contributed by atoms with Gasteiger partial charge in [0.15, 0.2) is 0 Å². The van der Waals surface area contributed by atoms with Crippen LogP contribution in [-0.2, 0) is 24.2 Å². The molecule has 144 valence electrons. The second-order valence-corrected chi connectivity index (χ2v) is 9.02. The van der Waals surface area contributed by atoms with E-state index in [1.165, 1.54) is 28.4 Å². The van der Waals surface area contributed by atoms with E-state index in [-0.39, 0.29) is 18.0 Å². The minimum Gasteiger partial charge on any atom is -0.341 e. The molecular formula is C22H23N3O2S. The zero-order valence-corrected chi connectivity index (χ0v) is 16.8. The molecule has 6 heteroatoms. The summed E-state index contributed by atoms with van der Waals surface area (Å²) in [5, 5.41) is 0.650. The van der Waals surface area contributed by atoms with Gasteiger partial charge in [0.1, 0.15) is 11.4 Å². The molecule has 0 radical (unpaired) electrons. The maximum absolute atomic E-state index is 13.3. The van der Waals surface area contributed by atoms with E-state index in [0.717, 1.165) is 59.6 Å². The molecule has 5 rings (SSSR count). The molecule has 0 N–H and O–H groups in total. The Labute approximate surface area is 167 Å². The summed E-state index contributed by atoms with van der Waals surface area (Å²) in [6.45, 7) is 3.71. The van der Waals surface area contributed by atoms with Crippen molar-refractivity contribution in [3.63, 3.8) is 0 Å². The fourth-order valence-electron chi connectivity index (χ4n) is 4.54. The fourth-order valence-corrected chi connectivity index (χ4v) is 5.54. The lowest BCUT2D eigenvalue weighted by Gasteiger charge is -2.15. The van der Waals surface area contributed by atoms with Crippen LogP contribution in [0.15, 0.2) is 29.3 Å². The molecule has 1 amide bonds. The Morgan fingerprint density at radius 2 is 1.93 bits per heavy atom. The number of aryl methyl sites for hydroxylation is 3. The average molecular weight is 394 g/mol. The summed E-state index contributed by atoms with van der Waals surface area (Å²) < 4.78 is 1.48.